The minimum Gasteiger partial charge on any atom is -0.489 e. The average molecular weight is 563 g/mol. The summed E-state index contributed by atoms with van der Waals surface area (Å²) >= 11 is 0. The molecule has 4 aromatic rings. The Morgan fingerprint density at radius 1 is 0.805 bits per heavy atom. The monoisotopic (exact) mass is 562 g/mol. The van der Waals surface area contributed by atoms with Gasteiger partial charge in [-0.05, 0) is 52.9 Å². The molecule has 2 N–H and O–H groups in total. The summed E-state index contributed by atoms with van der Waals surface area (Å²) in [6, 6.07) is 26.9. The molecule has 0 heterocycles. The van der Waals surface area contributed by atoms with Crippen LogP contribution in [0.15, 0.2) is 91.0 Å². The SMILES string of the molecule is CC(=O)NCCNCc1ccc(OCc2cccc(-c3ccccc3)c2C)cc1OCc1cccc(C(F)(F)F)c1. The molecular weight excluding hydrogens is 529 g/mol. The molecule has 0 spiro atoms. The van der Waals surface area contributed by atoms with Crippen LogP contribution in [0.1, 0.15) is 34.7 Å². The number of carbonyl (C=O) groups excluding carboxylic acids is 1. The fraction of sp³-hybridized carbons (Fsp3) is 0.242. The molecule has 5 nitrogen and oxygen atoms in total. The van der Waals surface area contributed by atoms with Gasteiger partial charge in [0.15, 0.2) is 0 Å². The number of nitrogens with one attached hydrogen (secondary N) is 2. The fourth-order valence-corrected chi connectivity index (χ4v) is 4.38. The zero-order valence-corrected chi connectivity index (χ0v) is 23.1. The third-order valence-corrected chi connectivity index (χ3v) is 6.60. The standard InChI is InChI=1S/C33H33F3N2O3/c1-23-28(11-7-13-31(23)26-9-4-3-5-10-26)22-40-30-15-14-27(20-37-16-17-38-24(2)39)32(19-30)41-21-25-8-6-12-29(18-25)33(34,35)36/h3-15,18-19,37H,16-17,20-22H2,1-2H3,(H,38,39). The predicted molar refractivity (Wildman–Crippen MR) is 154 cm³/mol. The van der Waals surface area contributed by atoms with Crippen LogP contribution in [0.3, 0.4) is 0 Å². The van der Waals surface area contributed by atoms with E-state index in [2.05, 4.69) is 35.8 Å². The van der Waals surface area contributed by atoms with E-state index in [1.165, 1.54) is 13.0 Å². The third-order valence-electron chi connectivity index (χ3n) is 6.60. The van der Waals surface area contributed by atoms with Crippen molar-refractivity contribution in [2.45, 2.75) is 39.8 Å². The second kappa shape index (κ2) is 13.9. The Kier molecular flexibility index (Phi) is 10.0. The minimum atomic E-state index is -4.43. The second-order valence-corrected chi connectivity index (χ2v) is 9.66. The predicted octanol–water partition coefficient (Wildman–Crippen LogP) is 7.06. The highest BCUT2D eigenvalue weighted by molar-refractivity contribution is 5.72. The summed E-state index contributed by atoms with van der Waals surface area (Å²) in [4.78, 5) is 11.1. The van der Waals surface area contributed by atoms with E-state index in [9.17, 15) is 18.0 Å². The normalized spacial score (nSPS) is 11.2. The Morgan fingerprint density at radius 3 is 2.34 bits per heavy atom. The van der Waals surface area contributed by atoms with Crippen molar-refractivity contribution >= 4 is 5.91 Å². The van der Waals surface area contributed by atoms with Crippen molar-refractivity contribution < 1.29 is 27.4 Å². The lowest BCUT2D eigenvalue weighted by atomic mass is 9.97. The second-order valence-electron chi connectivity index (χ2n) is 9.66. The van der Waals surface area contributed by atoms with Gasteiger partial charge in [0.05, 0.1) is 5.56 Å². The highest BCUT2D eigenvalue weighted by atomic mass is 19.4. The number of carbonyl (C=O) groups is 1. The zero-order valence-electron chi connectivity index (χ0n) is 23.1. The number of alkyl halides is 3. The first-order valence-corrected chi connectivity index (χ1v) is 13.3. The summed E-state index contributed by atoms with van der Waals surface area (Å²) in [5, 5.41) is 5.97. The Balaban J connectivity index is 1.49. The lowest BCUT2D eigenvalue weighted by molar-refractivity contribution is -0.137. The molecule has 0 atom stereocenters. The van der Waals surface area contributed by atoms with E-state index in [1.54, 1.807) is 12.1 Å². The number of hydrogen-bond acceptors (Lipinski definition) is 4. The van der Waals surface area contributed by atoms with Gasteiger partial charge in [-0.25, -0.2) is 0 Å². The molecule has 41 heavy (non-hydrogen) atoms. The maximum Gasteiger partial charge on any atom is 0.416 e. The van der Waals surface area contributed by atoms with E-state index in [0.717, 1.165) is 39.9 Å². The summed E-state index contributed by atoms with van der Waals surface area (Å²) in [6.45, 7) is 5.28. The van der Waals surface area contributed by atoms with Crippen molar-refractivity contribution in [2.24, 2.45) is 0 Å². The van der Waals surface area contributed by atoms with Gasteiger partial charge in [0.2, 0.25) is 5.91 Å². The fourth-order valence-electron chi connectivity index (χ4n) is 4.38. The molecule has 0 radical (unpaired) electrons. The Labute approximate surface area is 238 Å². The molecule has 0 aliphatic heterocycles. The van der Waals surface area contributed by atoms with Crippen molar-refractivity contribution in [2.75, 3.05) is 13.1 Å². The molecule has 0 fully saturated rings. The largest absolute Gasteiger partial charge is 0.489 e. The van der Waals surface area contributed by atoms with E-state index in [4.69, 9.17) is 9.47 Å². The van der Waals surface area contributed by atoms with Gasteiger partial charge < -0.3 is 20.1 Å². The van der Waals surface area contributed by atoms with Crippen LogP contribution in [-0.4, -0.2) is 19.0 Å². The number of hydrogen-bond donors (Lipinski definition) is 2. The molecule has 0 saturated heterocycles. The van der Waals surface area contributed by atoms with Gasteiger partial charge in [0.1, 0.15) is 24.7 Å². The molecule has 1 amide bonds. The number of ether oxygens (including phenoxy) is 2. The molecular formula is C33H33F3N2O3. The highest BCUT2D eigenvalue weighted by Crippen LogP contribution is 2.31. The van der Waals surface area contributed by atoms with Crippen molar-refractivity contribution in [1.82, 2.24) is 10.6 Å². The van der Waals surface area contributed by atoms with Crippen LogP contribution in [0.2, 0.25) is 0 Å². The van der Waals surface area contributed by atoms with Crippen LogP contribution in [0.5, 0.6) is 11.5 Å². The maximum atomic E-state index is 13.2. The van der Waals surface area contributed by atoms with Crippen molar-refractivity contribution in [3.63, 3.8) is 0 Å². The minimum absolute atomic E-state index is 0.0372. The molecule has 0 bridgehead atoms. The first-order chi connectivity index (χ1) is 19.7. The van der Waals surface area contributed by atoms with Crippen molar-refractivity contribution in [3.05, 3.63) is 119 Å². The van der Waals surface area contributed by atoms with E-state index in [1.807, 2.05) is 42.5 Å². The molecule has 8 heteroatoms. The van der Waals surface area contributed by atoms with Gasteiger partial charge in [-0.1, -0.05) is 66.7 Å². The Morgan fingerprint density at radius 2 is 1.59 bits per heavy atom. The zero-order chi connectivity index (χ0) is 29.2. The van der Waals surface area contributed by atoms with E-state index in [-0.39, 0.29) is 12.5 Å². The van der Waals surface area contributed by atoms with Gasteiger partial charge in [0.25, 0.3) is 0 Å². The summed E-state index contributed by atoms with van der Waals surface area (Å²) < 4.78 is 51.7. The topological polar surface area (TPSA) is 59.6 Å². The molecule has 0 aliphatic carbocycles. The van der Waals surface area contributed by atoms with E-state index < -0.39 is 11.7 Å². The molecule has 4 rings (SSSR count). The van der Waals surface area contributed by atoms with Crippen LogP contribution in [-0.2, 0) is 30.7 Å². The molecule has 0 aliphatic rings. The number of halogens is 3. The summed E-state index contributed by atoms with van der Waals surface area (Å²) in [6.07, 6.45) is -4.43. The van der Waals surface area contributed by atoms with Crippen LogP contribution < -0.4 is 20.1 Å². The number of benzene rings is 4. The summed E-state index contributed by atoms with van der Waals surface area (Å²) in [5.74, 6) is 0.972. The van der Waals surface area contributed by atoms with E-state index >= 15 is 0 Å². The van der Waals surface area contributed by atoms with Crippen LogP contribution in [0.4, 0.5) is 13.2 Å². The number of rotatable bonds is 12. The van der Waals surface area contributed by atoms with Gasteiger partial charge in [-0.3, -0.25) is 4.79 Å². The molecule has 0 unspecified atom stereocenters. The smallest absolute Gasteiger partial charge is 0.416 e. The van der Waals surface area contributed by atoms with Crippen molar-refractivity contribution in [3.8, 4) is 22.6 Å². The third kappa shape index (κ3) is 8.59. The lowest BCUT2D eigenvalue weighted by Gasteiger charge is -2.16. The molecule has 0 saturated carbocycles. The van der Waals surface area contributed by atoms with E-state index in [0.29, 0.717) is 43.3 Å². The lowest BCUT2D eigenvalue weighted by Crippen LogP contribution is -2.30. The highest BCUT2D eigenvalue weighted by Gasteiger charge is 2.30. The first kappa shape index (κ1) is 29.7. The quantitative estimate of drug-likeness (QED) is 0.182. The average Bonchev–Trinajstić information content (AvgIpc) is 2.96. The molecule has 214 valence electrons. The van der Waals surface area contributed by atoms with Crippen LogP contribution in [0.25, 0.3) is 11.1 Å². The maximum absolute atomic E-state index is 13.2. The summed E-state index contributed by atoms with van der Waals surface area (Å²) in [5.41, 5.74) is 4.94. The van der Waals surface area contributed by atoms with Gasteiger partial charge in [-0.2, -0.15) is 13.2 Å². The number of amides is 1. The van der Waals surface area contributed by atoms with Gasteiger partial charge in [-0.15, -0.1) is 0 Å². The van der Waals surface area contributed by atoms with Gasteiger partial charge in [0, 0.05) is 38.2 Å². The van der Waals surface area contributed by atoms with Gasteiger partial charge >= 0.3 is 6.18 Å². The first-order valence-electron chi connectivity index (χ1n) is 13.3. The Bertz CT molecular complexity index is 1460. The molecule has 0 aromatic heterocycles. The Hall–Kier alpha value is -4.30. The summed E-state index contributed by atoms with van der Waals surface area (Å²) in [7, 11) is 0. The van der Waals surface area contributed by atoms with Crippen molar-refractivity contribution in [1.29, 1.82) is 0 Å². The van der Waals surface area contributed by atoms with Crippen LogP contribution >= 0.6 is 0 Å². The molecule has 4 aromatic carbocycles. The van der Waals surface area contributed by atoms with Crippen LogP contribution in [0, 0.1) is 6.92 Å².